The third-order valence-electron chi connectivity index (χ3n) is 5.25. The number of ether oxygens (including phenoxy) is 1. The van der Waals surface area contributed by atoms with Crippen LogP contribution in [0.5, 0.6) is 5.75 Å². The lowest BCUT2D eigenvalue weighted by Gasteiger charge is -2.18. The van der Waals surface area contributed by atoms with Crippen LogP contribution in [0.15, 0.2) is 47.5 Å². The van der Waals surface area contributed by atoms with Crippen LogP contribution in [0.2, 0.25) is 0 Å². The van der Waals surface area contributed by atoms with Gasteiger partial charge in [0.2, 0.25) is 0 Å². The molecule has 5 nitrogen and oxygen atoms in total. The van der Waals surface area contributed by atoms with Crippen molar-refractivity contribution < 1.29 is 13.2 Å². The maximum atomic E-state index is 11.6. The molecule has 1 fully saturated rings. The van der Waals surface area contributed by atoms with Crippen LogP contribution in [0, 0.1) is 17.8 Å². The fourth-order valence-corrected chi connectivity index (χ4v) is 4.37. The molecule has 28 heavy (non-hydrogen) atoms. The summed E-state index contributed by atoms with van der Waals surface area (Å²) in [5, 5.41) is 0. The molecular formula is C22H30N2O3S. The maximum Gasteiger partial charge on any atom is 0.175 e. The zero-order valence-electron chi connectivity index (χ0n) is 17.1. The number of pyridine rings is 1. The van der Waals surface area contributed by atoms with Gasteiger partial charge in [0.25, 0.3) is 0 Å². The first kappa shape index (κ1) is 20.8. The van der Waals surface area contributed by atoms with Crippen LogP contribution in [0.3, 0.4) is 0 Å². The van der Waals surface area contributed by atoms with E-state index < -0.39 is 9.84 Å². The highest BCUT2D eigenvalue weighted by atomic mass is 32.2. The molecule has 1 aromatic carbocycles. The van der Waals surface area contributed by atoms with Crippen molar-refractivity contribution in [3.8, 4) is 17.0 Å². The summed E-state index contributed by atoms with van der Waals surface area (Å²) in [5.74, 6) is 2.64. The summed E-state index contributed by atoms with van der Waals surface area (Å²) >= 11 is 0. The molecule has 0 bridgehead atoms. The van der Waals surface area contributed by atoms with Crippen molar-refractivity contribution in [2.75, 3.05) is 32.5 Å². The van der Waals surface area contributed by atoms with E-state index in [2.05, 4.69) is 30.7 Å². The normalized spacial score (nSPS) is 20.6. The quantitative estimate of drug-likeness (QED) is 0.706. The van der Waals surface area contributed by atoms with Gasteiger partial charge >= 0.3 is 0 Å². The van der Waals surface area contributed by atoms with Gasteiger partial charge in [-0.3, -0.25) is 4.98 Å². The molecular weight excluding hydrogens is 372 g/mol. The summed E-state index contributed by atoms with van der Waals surface area (Å²) in [6.07, 6.45) is 2.95. The summed E-state index contributed by atoms with van der Waals surface area (Å²) in [6, 6.07) is 10.6. The molecule has 0 radical (unpaired) electrons. The van der Waals surface area contributed by atoms with E-state index in [1.165, 1.54) is 6.26 Å². The van der Waals surface area contributed by atoms with Crippen LogP contribution < -0.4 is 4.74 Å². The Morgan fingerprint density at radius 3 is 2.43 bits per heavy atom. The van der Waals surface area contributed by atoms with E-state index in [9.17, 15) is 8.42 Å². The van der Waals surface area contributed by atoms with Crippen LogP contribution >= 0.6 is 0 Å². The molecule has 1 aromatic heterocycles. The van der Waals surface area contributed by atoms with E-state index in [-0.39, 0.29) is 0 Å². The van der Waals surface area contributed by atoms with E-state index in [1.807, 2.05) is 12.1 Å². The van der Waals surface area contributed by atoms with Crippen molar-refractivity contribution in [3.63, 3.8) is 0 Å². The second-order valence-electron chi connectivity index (χ2n) is 8.34. The summed E-state index contributed by atoms with van der Waals surface area (Å²) in [7, 11) is -3.18. The Bertz CT molecular complexity index is 877. The molecule has 0 spiro atoms. The first-order valence-electron chi connectivity index (χ1n) is 9.84. The Hall–Kier alpha value is -1.92. The molecule has 0 N–H and O–H groups in total. The molecule has 1 aliphatic heterocycles. The van der Waals surface area contributed by atoms with Crippen molar-refractivity contribution in [3.05, 3.63) is 42.6 Å². The Balaban J connectivity index is 1.58. The van der Waals surface area contributed by atoms with Crippen LogP contribution in [-0.4, -0.2) is 50.8 Å². The van der Waals surface area contributed by atoms with E-state index in [0.717, 1.165) is 36.6 Å². The molecule has 1 aliphatic rings. The molecule has 0 aliphatic carbocycles. The third-order valence-corrected chi connectivity index (χ3v) is 6.37. The summed E-state index contributed by atoms with van der Waals surface area (Å²) < 4.78 is 29.1. The topological polar surface area (TPSA) is 59.5 Å². The number of hydrogen-bond donors (Lipinski definition) is 0. The van der Waals surface area contributed by atoms with E-state index in [1.54, 1.807) is 30.5 Å². The molecule has 0 saturated carbocycles. The predicted molar refractivity (Wildman–Crippen MR) is 112 cm³/mol. The molecule has 2 unspecified atom stereocenters. The van der Waals surface area contributed by atoms with Gasteiger partial charge in [0.15, 0.2) is 9.84 Å². The SMILES string of the molecule is CC(C)CN1CC(C)C(COc2ccc(-c3ccc(S(C)(=O)=O)cc3)nc2)C1. The van der Waals surface area contributed by atoms with Gasteiger partial charge in [-0.25, -0.2) is 8.42 Å². The second-order valence-corrected chi connectivity index (χ2v) is 10.4. The monoisotopic (exact) mass is 402 g/mol. The van der Waals surface area contributed by atoms with Gasteiger partial charge in [-0.05, 0) is 36.1 Å². The van der Waals surface area contributed by atoms with Crippen molar-refractivity contribution >= 4 is 9.84 Å². The van der Waals surface area contributed by atoms with Crippen LogP contribution in [0.25, 0.3) is 11.3 Å². The van der Waals surface area contributed by atoms with E-state index >= 15 is 0 Å². The average Bonchev–Trinajstić information content (AvgIpc) is 2.98. The fourth-order valence-electron chi connectivity index (χ4n) is 3.74. The van der Waals surface area contributed by atoms with Gasteiger partial charge in [-0.15, -0.1) is 0 Å². The minimum atomic E-state index is -3.18. The number of hydrogen-bond acceptors (Lipinski definition) is 5. The largest absolute Gasteiger partial charge is 0.492 e. The molecule has 1 saturated heterocycles. The standard InChI is InChI=1S/C22H30N2O3S/c1-16(2)12-24-13-17(3)19(14-24)15-27-20-7-10-22(23-11-20)18-5-8-21(9-6-18)28(4,25)26/h5-11,16-17,19H,12-15H2,1-4H3. The van der Waals surface area contributed by atoms with Gasteiger partial charge in [-0.2, -0.15) is 0 Å². The number of likely N-dealkylation sites (tertiary alicyclic amines) is 1. The van der Waals surface area contributed by atoms with Crippen molar-refractivity contribution in [2.45, 2.75) is 25.7 Å². The minimum Gasteiger partial charge on any atom is -0.492 e. The molecule has 0 amide bonds. The molecule has 152 valence electrons. The van der Waals surface area contributed by atoms with Crippen LogP contribution in [0.1, 0.15) is 20.8 Å². The molecule has 2 atom stereocenters. The Labute approximate surface area is 168 Å². The first-order valence-corrected chi connectivity index (χ1v) is 11.7. The van der Waals surface area contributed by atoms with Gasteiger partial charge in [0.05, 0.1) is 23.4 Å². The molecule has 2 aromatic rings. The second kappa shape index (κ2) is 8.62. The summed E-state index contributed by atoms with van der Waals surface area (Å²) in [5.41, 5.74) is 1.68. The van der Waals surface area contributed by atoms with Crippen LogP contribution in [-0.2, 0) is 9.84 Å². The van der Waals surface area contributed by atoms with Gasteiger partial charge in [0, 0.05) is 37.4 Å². The Morgan fingerprint density at radius 1 is 1.14 bits per heavy atom. The highest BCUT2D eigenvalue weighted by molar-refractivity contribution is 7.90. The van der Waals surface area contributed by atoms with Crippen molar-refractivity contribution in [1.82, 2.24) is 9.88 Å². The van der Waals surface area contributed by atoms with Crippen molar-refractivity contribution in [2.24, 2.45) is 17.8 Å². The fraction of sp³-hybridized carbons (Fsp3) is 0.500. The summed E-state index contributed by atoms with van der Waals surface area (Å²) in [6.45, 7) is 10.9. The Morgan fingerprint density at radius 2 is 1.86 bits per heavy atom. The van der Waals surface area contributed by atoms with Crippen LogP contribution in [0.4, 0.5) is 0 Å². The van der Waals surface area contributed by atoms with Gasteiger partial charge in [-0.1, -0.05) is 32.9 Å². The van der Waals surface area contributed by atoms with Gasteiger partial charge < -0.3 is 9.64 Å². The van der Waals surface area contributed by atoms with E-state index in [0.29, 0.717) is 29.3 Å². The number of nitrogens with zero attached hydrogens (tertiary/aromatic N) is 2. The molecule has 6 heteroatoms. The zero-order valence-corrected chi connectivity index (χ0v) is 17.9. The highest BCUT2D eigenvalue weighted by Gasteiger charge is 2.30. The molecule has 3 rings (SSSR count). The minimum absolute atomic E-state index is 0.313. The van der Waals surface area contributed by atoms with Crippen molar-refractivity contribution in [1.29, 1.82) is 0 Å². The lowest BCUT2D eigenvalue weighted by Crippen LogP contribution is -2.26. The smallest absolute Gasteiger partial charge is 0.175 e. The Kier molecular flexibility index (Phi) is 6.40. The van der Waals surface area contributed by atoms with E-state index in [4.69, 9.17) is 4.74 Å². The van der Waals surface area contributed by atoms with Gasteiger partial charge in [0.1, 0.15) is 5.75 Å². The molecule has 2 heterocycles. The zero-order chi connectivity index (χ0) is 20.3. The number of benzene rings is 1. The summed E-state index contributed by atoms with van der Waals surface area (Å²) in [4.78, 5) is 7.32. The number of sulfone groups is 1. The first-order chi connectivity index (χ1) is 13.2. The average molecular weight is 403 g/mol. The third kappa shape index (κ3) is 5.32. The lowest BCUT2D eigenvalue weighted by atomic mass is 9.99. The number of aromatic nitrogens is 1. The highest BCUT2D eigenvalue weighted by Crippen LogP contribution is 2.26. The maximum absolute atomic E-state index is 11.6. The lowest BCUT2D eigenvalue weighted by molar-refractivity contribution is 0.221. The predicted octanol–water partition coefficient (Wildman–Crippen LogP) is 3.75. The number of rotatable bonds is 7.